The van der Waals surface area contributed by atoms with Crippen LogP contribution in [0, 0.1) is 0 Å². The summed E-state index contributed by atoms with van der Waals surface area (Å²) >= 11 is 0. The van der Waals surface area contributed by atoms with Gasteiger partial charge >= 0.3 is 5.97 Å². The molecule has 3 aromatic rings. The van der Waals surface area contributed by atoms with E-state index in [1.54, 1.807) is 48.5 Å². The van der Waals surface area contributed by atoms with E-state index in [0.717, 1.165) is 29.8 Å². The largest absolute Gasteiger partial charge is 0.489 e. The van der Waals surface area contributed by atoms with Crippen LogP contribution in [0.4, 0.5) is 0 Å². The van der Waals surface area contributed by atoms with Crippen molar-refractivity contribution in [3.63, 3.8) is 0 Å². The summed E-state index contributed by atoms with van der Waals surface area (Å²) in [5.74, 6) is -0.261. The van der Waals surface area contributed by atoms with Crippen molar-refractivity contribution in [3.8, 4) is 5.75 Å². The summed E-state index contributed by atoms with van der Waals surface area (Å²) < 4.78 is 11.5. The molecule has 1 saturated heterocycles. The molecule has 1 unspecified atom stereocenters. The second kappa shape index (κ2) is 10.2. The van der Waals surface area contributed by atoms with Crippen LogP contribution in [0.25, 0.3) is 0 Å². The molecule has 4 rings (SSSR count). The van der Waals surface area contributed by atoms with E-state index >= 15 is 0 Å². The lowest BCUT2D eigenvalue weighted by atomic mass is 10.0. The fourth-order valence-electron chi connectivity index (χ4n) is 3.56. The van der Waals surface area contributed by atoms with E-state index < -0.39 is 5.97 Å². The van der Waals surface area contributed by atoms with Crippen LogP contribution in [-0.2, 0) is 17.8 Å². The van der Waals surface area contributed by atoms with Crippen LogP contribution in [0.3, 0.4) is 0 Å². The number of benzene rings is 3. The number of aromatic carboxylic acids is 1. The van der Waals surface area contributed by atoms with Gasteiger partial charge in [-0.3, -0.25) is 4.79 Å². The Balaban J connectivity index is 1.30. The van der Waals surface area contributed by atoms with Crippen molar-refractivity contribution in [2.24, 2.45) is 0 Å². The normalized spacial score (nSPS) is 15.8. The van der Waals surface area contributed by atoms with E-state index in [0.29, 0.717) is 30.9 Å². The van der Waals surface area contributed by atoms with Crippen molar-refractivity contribution in [2.45, 2.75) is 19.1 Å². The molecular weight excluding hydrogens is 406 g/mol. The average Bonchev–Trinajstić information content (AvgIpc) is 2.84. The van der Waals surface area contributed by atoms with Gasteiger partial charge in [-0.2, -0.15) is 0 Å². The van der Waals surface area contributed by atoms with Gasteiger partial charge in [-0.05, 0) is 53.1 Å². The summed E-state index contributed by atoms with van der Waals surface area (Å²) in [6.07, 6.45) is 0.399. The van der Waals surface area contributed by atoms with E-state index in [2.05, 4.69) is 5.32 Å². The number of hydrogen-bond donors (Lipinski definition) is 2. The number of nitrogens with one attached hydrogen (secondary N) is 1. The van der Waals surface area contributed by atoms with Gasteiger partial charge in [0.2, 0.25) is 0 Å². The smallest absolute Gasteiger partial charge is 0.335 e. The highest BCUT2D eigenvalue weighted by Gasteiger charge is 2.15. The Hall–Kier alpha value is -3.48. The first-order valence-electron chi connectivity index (χ1n) is 10.6. The van der Waals surface area contributed by atoms with Gasteiger partial charge in [-0.1, -0.05) is 36.4 Å². The summed E-state index contributed by atoms with van der Waals surface area (Å²) in [5.41, 5.74) is 3.82. The fraction of sp³-hybridized carbons (Fsp3) is 0.231. The molecule has 1 fully saturated rings. The molecule has 6 heteroatoms. The third kappa shape index (κ3) is 5.60. The summed E-state index contributed by atoms with van der Waals surface area (Å²) in [6, 6.07) is 21.7. The van der Waals surface area contributed by atoms with Crippen LogP contribution < -0.4 is 10.1 Å². The number of carbonyl (C=O) groups excluding carboxylic acids is 1. The molecule has 3 aromatic carbocycles. The number of rotatable bonds is 8. The maximum Gasteiger partial charge on any atom is 0.335 e. The third-order valence-electron chi connectivity index (χ3n) is 5.43. The van der Waals surface area contributed by atoms with E-state index in [-0.39, 0.29) is 17.5 Å². The zero-order valence-corrected chi connectivity index (χ0v) is 17.6. The number of hydrogen-bond acceptors (Lipinski definition) is 5. The summed E-state index contributed by atoms with van der Waals surface area (Å²) in [4.78, 5) is 23.6. The topological polar surface area (TPSA) is 84.9 Å². The number of carboxylic acids is 1. The number of morpholine rings is 1. The minimum Gasteiger partial charge on any atom is -0.489 e. The Morgan fingerprint density at radius 3 is 2.19 bits per heavy atom. The Bertz CT molecular complexity index is 1050. The lowest BCUT2D eigenvalue weighted by molar-refractivity contribution is 0.0277. The van der Waals surface area contributed by atoms with E-state index in [1.165, 1.54) is 0 Å². The van der Waals surface area contributed by atoms with Gasteiger partial charge in [0.15, 0.2) is 5.78 Å². The Morgan fingerprint density at radius 2 is 1.56 bits per heavy atom. The maximum absolute atomic E-state index is 12.7. The van der Waals surface area contributed by atoms with Gasteiger partial charge in [-0.25, -0.2) is 4.79 Å². The number of carboxylic acid groups (broad SMARTS) is 1. The van der Waals surface area contributed by atoms with E-state index in [1.807, 2.05) is 24.3 Å². The molecular formula is C26H25NO5. The SMILES string of the molecule is O=C(O)c1ccc(COc2ccc(C(=O)Cc3ccc(C4CNCCO4)cc3)cc2)cc1. The van der Waals surface area contributed by atoms with E-state index in [9.17, 15) is 9.59 Å². The first-order chi connectivity index (χ1) is 15.6. The molecule has 32 heavy (non-hydrogen) atoms. The van der Waals surface area contributed by atoms with Crippen LogP contribution in [0.15, 0.2) is 72.8 Å². The summed E-state index contributed by atoms with van der Waals surface area (Å²) in [6.45, 7) is 2.72. The van der Waals surface area contributed by atoms with Gasteiger partial charge < -0.3 is 19.9 Å². The highest BCUT2D eigenvalue weighted by molar-refractivity contribution is 5.97. The molecule has 0 aromatic heterocycles. The third-order valence-corrected chi connectivity index (χ3v) is 5.43. The lowest BCUT2D eigenvalue weighted by Crippen LogP contribution is -2.33. The molecule has 0 bridgehead atoms. The van der Waals surface area contributed by atoms with Gasteiger partial charge in [0.1, 0.15) is 12.4 Å². The highest BCUT2D eigenvalue weighted by Crippen LogP contribution is 2.20. The minimum atomic E-state index is -0.954. The summed E-state index contributed by atoms with van der Waals surface area (Å²) in [7, 11) is 0. The standard InChI is InChI=1S/C26H25NO5/c28-24(15-18-1-5-21(6-2-18)25-16-27-13-14-31-25)20-9-11-23(12-10-20)32-17-19-3-7-22(8-4-19)26(29)30/h1-12,25,27H,13-17H2,(H,29,30). The van der Waals surface area contributed by atoms with Gasteiger partial charge in [0, 0.05) is 25.1 Å². The van der Waals surface area contributed by atoms with Crippen molar-refractivity contribution in [1.29, 1.82) is 0 Å². The Kier molecular flexibility index (Phi) is 6.94. The number of ketones is 1. The predicted molar refractivity (Wildman–Crippen MR) is 120 cm³/mol. The molecule has 0 aliphatic carbocycles. The quantitative estimate of drug-likeness (QED) is 0.524. The first kappa shape index (κ1) is 21.7. The monoisotopic (exact) mass is 431 g/mol. The van der Waals surface area contributed by atoms with Gasteiger partial charge in [0.25, 0.3) is 0 Å². The molecule has 2 N–H and O–H groups in total. The molecule has 0 saturated carbocycles. The number of ether oxygens (including phenoxy) is 2. The maximum atomic E-state index is 12.7. The van der Waals surface area contributed by atoms with Crippen LogP contribution in [0.5, 0.6) is 5.75 Å². The fourth-order valence-corrected chi connectivity index (χ4v) is 3.56. The molecule has 1 atom stereocenters. The Morgan fingerprint density at radius 1 is 0.906 bits per heavy atom. The molecule has 0 amide bonds. The second-order valence-corrected chi connectivity index (χ2v) is 7.72. The van der Waals surface area contributed by atoms with Crippen molar-refractivity contribution >= 4 is 11.8 Å². The number of Topliss-reactive ketones (excluding diaryl/α,β-unsaturated/α-hetero) is 1. The van der Waals surface area contributed by atoms with Crippen LogP contribution >= 0.6 is 0 Å². The van der Waals surface area contributed by atoms with Gasteiger partial charge in [-0.15, -0.1) is 0 Å². The highest BCUT2D eigenvalue weighted by atomic mass is 16.5. The van der Waals surface area contributed by atoms with Crippen molar-refractivity contribution < 1.29 is 24.2 Å². The molecule has 1 heterocycles. The predicted octanol–water partition coefficient (Wildman–Crippen LogP) is 4.05. The zero-order chi connectivity index (χ0) is 22.3. The molecule has 164 valence electrons. The molecule has 1 aliphatic heterocycles. The van der Waals surface area contributed by atoms with Gasteiger partial charge in [0.05, 0.1) is 18.3 Å². The van der Waals surface area contributed by atoms with E-state index in [4.69, 9.17) is 14.6 Å². The molecule has 6 nitrogen and oxygen atoms in total. The van der Waals surface area contributed by atoms with Crippen molar-refractivity contribution in [2.75, 3.05) is 19.7 Å². The Labute approximate surface area is 186 Å². The molecule has 0 radical (unpaired) electrons. The van der Waals surface area contributed by atoms with Crippen molar-refractivity contribution in [1.82, 2.24) is 5.32 Å². The first-order valence-corrected chi connectivity index (χ1v) is 10.6. The van der Waals surface area contributed by atoms with Crippen LogP contribution in [-0.4, -0.2) is 36.6 Å². The lowest BCUT2D eigenvalue weighted by Gasteiger charge is -2.24. The van der Waals surface area contributed by atoms with Crippen LogP contribution in [0.1, 0.15) is 43.5 Å². The number of carbonyl (C=O) groups is 2. The second-order valence-electron chi connectivity index (χ2n) is 7.72. The minimum absolute atomic E-state index is 0.0455. The molecule has 0 spiro atoms. The molecule has 1 aliphatic rings. The van der Waals surface area contributed by atoms with Crippen LogP contribution in [0.2, 0.25) is 0 Å². The van der Waals surface area contributed by atoms with Crippen molar-refractivity contribution in [3.05, 3.63) is 101 Å². The summed E-state index contributed by atoms with van der Waals surface area (Å²) in [5, 5.41) is 12.3. The zero-order valence-electron chi connectivity index (χ0n) is 17.6. The average molecular weight is 431 g/mol.